The van der Waals surface area contributed by atoms with Crippen molar-refractivity contribution in [2.24, 2.45) is 5.92 Å². The zero-order valence-electron chi connectivity index (χ0n) is 7.72. The normalized spacial score (nSPS) is 40.9. The van der Waals surface area contributed by atoms with Crippen LogP contribution in [0.1, 0.15) is 33.6 Å². The molecule has 0 radical (unpaired) electrons. The van der Waals surface area contributed by atoms with Gasteiger partial charge in [-0.1, -0.05) is 20.3 Å². The summed E-state index contributed by atoms with van der Waals surface area (Å²) in [4.78, 5) is 0. The zero-order chi connectivity index (χ0) is 8.48. The molecule has 1 fully saturated rings. The predicted molar refractivity (Wildman–Crippen MR) is 46.5 cm³/mol. The quantitative estimate of drug-likeness (QED) is 0.630. The molecule has 3 atom stereocenters. The molecule has 0 aliphatic carbocycles. The maximum atomic E-state index is 10.2. The second-order valence-corrected chi connectivity index (χ2v) is 3.73. The minimum absolute atomic E-state index is 0.262. The van der Waals surface area contributed by atoms with Gasteiger partial charge in [0.15, 0.2) is 0 Å². The Kier molecular flexibility index (Phi) is 2.55. The molecule has 11 heavy (non-hydrogen) atoms. The second kappa shape index (κ2) is 3.11. The van der Waals surface area contributed by atoms with Crippen molar-refractivity contribution in [3.8, 4) is 0 Å². The van der Waals surface area contributed by atoms with Crippen molar-refractivity contribution in [3.63, 3.8) is 0 Å². The molecule has 1 aliphatic rings. The minimum Gasteiger partial charge on any atom is -0.388 e. The summed E-state index contributed by atoms with van der Waals surface area (Å²) in [7, 11) is 0. The summed E-state index contributed by atoms with van der Waals surface area (Å²) >= 11 is 0. The summed E-state index contributed by atoms with van der Waals surface area (Å²) < 4.78 is 0. The summed E-state index contributed by atoms with van der Waals surface area (Å²) in [5, 5.41) is 13.4. The van der Waals surface area contributed by atoms with Crippen LogP contribution in [-0.4, -0.2) is 23.3 Å². The van der Waals surface area contributed by atoms with Gasteiger partial charge in [-0.05, 0) is 25.8 Å². The number of aliphatic hydroxyl groups is 1. The lowest BCUT2D eigenvalue weighted by atomic mass is 9.81. The van der Waals surface area contributed by atoms with Crippen molar-refractivity contribution in [3.05, 3.63) is 0 Å². The molecule has 0 aromatic carbocycles. The molecule has 1 saturated heterocycles. The van der Waals surface area contributed by atoms with Crippen LogP contribution in [0.4, 0.5) is 0 Å². The molecular weight excluding hydrogens is 138 g/mol. The van der Waals surface area contributed by atoms with Crippen molar-refractivity contribution < 1.29 is 5.11 Å². The summed E-state index contributed by atoms with van der Waals surface area (Å²) in [5.74, 6) is 0.410. The fraction of sp³-hybridized carbons (Fsp3) is 1.00. The van der Waals surface area contributed by atoms with Crippen molar-refractivity contribution >= 4 is 0 Å². The fourth-order valence-electron chi connectivity index (χ4n) is 1.91. The van der Waals surface area contributed by atoms with Gasteiger partial charge in [-0.25, -0.2) is 0 Å². The Labute approximate surface area is 69.0 Å². The molecule has 0 aromatic heterocycles. The van der Waals surface area contributed by atoms with E-state index < -0.39 is 5.60 Å². The molecule has 1 heterocycles. The maximum Gasteiger partial charge on any atom is 0.0834 e. The average Bonchev–Trinajstić information content (AvgIpc) is 2.32. The molecule has 0 aromatic rings. The van der Waals surface area contributed by atoms with E-state index in [0.717, 1.165) is 19.4 Å². The summed E-state index contributed by atoms with van der Waals surface area (Å²) in [6, 6.07) is 0.262. The molecular formula is C9H19NO. The van der Waals surface area contributed by atoms with Gasteiger partial charge < -0.3 is 10.4 Å². The molecule has 2 N–H and O–H groups in total. The highest BCUT2D eigenvalue weighted by Gasteiger charge is 2.41. The second-order valence-electron chi connectivity index (χ2n) is 3.73. The van der Waals surface area contributed by atoms with Gasteiger partial charge in [-0.2, -0.15) is 0 Å². The van der Waals surface area contributed by atoms with Gasteiger partial charge in [-0.3, -0.25) is 0 Å². The lowest BCUT2D eigenvalue weighted by Crippen LogP contribution is -2.45. The van der Waals surface area contributed by atoms with Gasteiger partial charge in [-0.15, -0.1) is 0 Å². The molecule has 2 nitrogen and oxygen atoms in total. The van der Waals surface area contributed by atoms with Crippen molar-refractivity contribution in [1.29, 1.82) is 0 Å². The Morgan fingerprint density at radius 2 is 2.36 bits per heavy atom. The van der Waals surface area contributed by atoms with E-state index in [1.54, 1.807) is 0 Å². The largest absolute Gasteiger partial charge is 0.388 e. The van der Waals surface area contributed by atoms with Crippen LogP contribution in [0.25, 0.3) is 0 Å². The van der Waals surface area contributed by atoms with Gasteiger partial charge in [0.1, 0.15) is 0 Å². The van der Waals surface area contributed by atoms with Crippen LogP contribution >= 0.6 is 0 Å². The smallest absolute Gasteiger partial charge is 0.0834 e. The molecule has 0 bridgehead atoms. The fourth-order valence-corrected chi connectivity index (χ4v) is 1.91. The third-order valence-corrected chi connectivity index (χ3v) is 3.19. The van der Waals surface area contributed by atoms with Crippen LogP contribution in [0.15, 0.2) is 0 Å². The van der Waals surface area contributed by atoms with Crippen LogP contribution in [0.5, 0.6) is 0 Å². The van der Waals surface area contributed by atoms with Crippen molar-refractivity contribution in [2.45, 2.75) is 45.3 Å². The summed E-state index contributed by atoms with van der Waals surface area (Å²) in [6.45, 7) is 7.29. The molecule has 1 aliphatic heterocycles. The van der Waals surface area contributed by atoms with E-state index in [9.17, 15) is 5.11 Å². The van der Waals surface area contributed by atoms with Gasteiger partial charge in [0.05, 0.1) is 5.60 Å². The topological polar surface area (TPSA) is 32.3 Å². The third-order valence-electron chi connectivity index (χ3n) is 3.19. The van der Waals surface area contributed by atoms with E-state index in [2.05, 4.69) is 26.1 Å². The first-order chi connectivity index (χ1) is 5.11. The SMILES string of the molecule is CCC(C)C1(O)CCNC1C. The molecule has 2 heteroatoms. The Bertz CT molecular complexity index is 138. The highest BCUT2D eigenvalue weighted by Crippen LogP contribution is 2.30. The monoisotopic (exact) mass is 157 g/mol. The van der Waals surface area contributed by atoms with Crippen LogP contribution in [0.3, 0.4) is 0 Å². The first-order valence-corrected chi connectivity index (χ1v) is 4.57. The standard InChI is InChI=1S/C9H19NO/c1-4-7(2)9(11)5-6-10-8(9)3/h7-8,10-11H,4-6H2,1-3H3. The third kappa shape index (κ3) is 1.42. The van der Waals surface area contributed by atoms with Gasteiger partial charge in [0.25, 0.3) is 0 Å². The molecule has 0 spiro atoms. The van der Waals surface area contributed by atoms with E-state index >= 15 is 0 Å². The van der Waals surface area contributed by atoms with E-state index in [-0.39, 0.29) is 6.04 Å². The first-order valence-electron chi connectivity index (χ1n) is 4.57. The Morgan fingerprint density at radius 1 is 1.73 bits per heavy atom. The van der Waals surface area contributed by atoms with Crippen LogP contribution in [-0.2, 0) is 0 Å². The van der Waals surface area contributed by atoms with Crippen LogP contribution in [0, 0.1) is 5.92 Å². The zero-order valence-corrected chi connectivity index (χ0v) is 7.72. The number of rotatable bonds is 2. The number of hydrogen-bond donors (Lipinski definition) is 2. The van der Waals surface area contributed by atoms with Gasteiger partial charge in [0, 0.05) is 6.04 Å². The molecule has 3 unspecified atom stereocenters. The average molecular weight is 157 g/mol. The van der Waals surface area contributed by atoms with Crippen LogP contribution in [0.2, 0.25) is 0 Å². The minimum atomic E-state index is -0.450. The Balaban J connectivity index is 2.64. The van der Waals surface area contributed by atoms with Crippen LogP contribution < -0.4 is 5.32 Å². The predicted octanol–water partition coefficient (Wildman–Crippen LogP) is 1.15. The Morgan fingerprint density at radius 3 is 2.73 bits per heavy atom. The molecule has 0 amide bonds. The highest BCUT2D eigenvalue weighted by atomic mass is 16.3. The van der Waals surface area contributed by atoms with E-state index in [0.29, 0.717) is 5.92 Å². The number of nitrogens with one attached hydrogen (secondary N) is 1. The summed E-state index contributed by atoms with van der Waals surface area (Å²) in [5.41, 5.74) is -0.450. The maximum absolute atomic E-state index is 10.2. The molecule has 1 rings (SSSR count). The van der Waals surface area contributed by atoms with E-state index in [4.69, 9.17) is 0 Å². The number of hydrogen-bond acceptors (Lipinski definition) is 2. The van der Waals surface area contributed by atoms with Gasteiger partial charge in [0.2, 0.25) is 0 Å². The van der Waals surface area contributed by atoms with E-state index in [1.165, 1.54) is 0 Å². The summed E-state index contributed by atoms with van der Waals surface area (Å²) in [6.07, 6.45) is 1.96. The molecule has 0 saturated carbocycles. The van der Waals surface area contributed by atoms with E-state index in [1.807, 2.05) is 0 Å². The lowest BCUT2D eigenvalue weighted by Gasteiger charge is -2.32. The first kappa shape index (κ1) is 9.01. The van der Waals surface area contributed by atoms with Gasteiger partial charge >= 0.3 is 0 Å². The van der Waals surface area contributed by atoms with Crippen molar-refractivity contribution in [1.82, 2.24) is 5.32 Å². The molecule has 66 valence electrons. The Hall–Kier alpha value is -0.0800. The highest BCUT2D eigenvalue weighted by molar-refractivity contribution is 4.97. The lowest BCUT2D eigenvalue weighted by molar-refractivity contribution is -0.0192. The van der Waals surface area contributed by atoms with Crippen molar-refractivity contribution in [2.75, 3.05) is 6.54 Å².